The van der Waals surface area contributed by atoms with E-state index >= 15 is 0 Å². The topological polar surface area (TPSA) is 48.1 Å². The zero-order chi connectivity index (χ0) is 10.3. The van der Waals surface area contributed by atoms with Crippen molar-refractivity contribution < 1.29 is 4.74 Å². The number of rotatable bonds is 1. The van der Waals surface area contributed by atoms with E-state index in [0.717, 1.165) is 11.4 Å². The monoisotopic (exact) mass is 218 g/mol. The lowest BCUT2D eigenvalue weighted by atomic mass is 9.99. The summed E-state index contributed by atoms with van der Waals surface area (Å²) < 4.78 is 5.60. The zero-order valence-electron chi connectivity index (χ0n) is 8.01. The molecule has 1 aromatic carbocycles. The molecule has 0 aliphatic carbocycles. The van der Waals surface area contributed by atoms with Crippen LogP contribution in [0.1, 0.15) is 17.2 Å². The summed E-state index contributed by atoms with van der Waals surface area (Å²) in [7, 11) is 0. The number of fused-ring (bicyclic) bond motifs is 1. The van der Waals surface area contributed by atoms with Gasteiger partial charge in [-0.3, -0.25) is 0 Å². The number of hydrogen-bond acceptors (Lipinski definition) is 4. The molecule has 2 aromatic rings. The summed E-state index contributed by atoms with van der Waals surface area (Å²) in [6, 6.07) is 8.08. The number of hydrogen-bond donors (Lipinski definition) is 1. The second kappa shape index (κ2) is 3.24. The maximum Gasteiger partial charge on any atom is 0.180 e. The molecule has 1 unspecified atom stereocenters. The molecule has 15 heavy (non-hydrogen) atoms. The fraction of sp³-hybridized carbons (Fsp3) is 0.182. The summed E-state index contributed by atoms with van der Waals surface area (Å²) in [5.74, 6) is 1.21. The van der Waals surface area contributed by atoms with Gasteiger partial charge in [-0.1, -0.05) is 18.2 Å². The minimum absolute atomic E-state index is 0.245. The van der Waals surface area contributed by atoms with Crippen LogP contribution in [0.3, 0.4) is 0 Å². The van der Waals surface area contributed by atoms with E-state index in [4.69, 9.17) is 10.5 Å². The normalized spacial score (nSPS) is 18.5. The summed E-state index contributed by atoms with van der Waals surface area (Å²) in [6.07, 6.45) is 0. The first-order valence-corrected chi connectivity index (χ1v) is 5.65. The van der Waals surface area contributed by atoms with Crippen LogP contribution in [-0.2, 0) is 0 Å². The van der Waals surface area contributed by atoms with Crippen LogP contribution in [0, 0.1) is 0 Å². The van der Waals surface area contributed by atoms with Crippen molar-refractivity contribution in [2.24, 2.45) is 0 Å². The Morgan fingerprint density at radius 2 is 2.27 bits per heavy atom. The quantitative estimate of drug-likeness (QED) is 0.798. The van der Waals surface area contributed by atoms with Crippen LogP contribution in [0.25, 0.3) is 0 Å². The number of para-hydroxylation sites is 1. The Morgan fingerprint density at radius 1 is 1.40 bits per heavy atom. The van der Waals surface area contributed by atoms with E-state index in [2.05, 4.69) is 11.1 Å². The van der Waals surface area contributed by atoms with Gasteiger partial charge in [0.15, 0.2) is 5.13 Å². The van der Waals surface area contributed by atoms with Gasteiger partial charge >= 0.3 is 0 Å². The first-order chi connectivity index (χ1) is 7.34. The molecule has 4 heteroatoms. The van der Waals surface area contributed by atoms with E-state index in [9.17, 15) is 0 Å². The maximum atomic E-state index is 5.63. The first-order valence-electron chi connectivity index (χ1n) is 4.77. The minimum atomic E-state index is 0.245. The van der Waals surface area contributed by atoms with Crippen LogP contribution in [0.2, 0.25) is 0 Å². The molecule has 2 N–H and O–H groups in total. The molecule has 0 fully saturated rings. The molecule has 0 spiro atoms. The highest BCUT2D eigenvalue weighted by atomic mass is 32.1. The number of aromatic nitrogens is 1. The summed E-state index contributed by atoms with van der Waals surface area (Å²) in [4.78, 5) is 4.31. The number of anilines is 1. The minimum Gasteiger partial charge on any atom is -0.492 e. The van der Waals surface area contributed by atoms with E-state index < -0.39 is 0 Å². The van der Waals surface area contributed by atoms with Crippen molar-refractivity contribution in [3.05, 3.63) is 40.9 Å². The van der Waals surface area contributed by atoms with Crippen LogP contribution in [-0.4, -0.2) is 11.6 Å². The van der Waals surface area contributed by atoms with Gasteiger partial charge < -0.3 is 10.5 Å². The summed E-state index contributed by atoms with van der Waals surface area (Å²) >= 11 is 1.48. The van der Waals surface area contributed by atoms with Gasteiger partial charge in [0.1, 0.15) is 12.4 Å². The number of nitrogens with zero attached hydrogens (tertiary/aromatic N) is 1. The van der Waals surface area contributed by atoms with Crippen molar-refractivity contribution in [2.75, 3.05) is 12.3 Å². The lowest BCUT2D eigenvalue weighted by Gasteiger charge is -2.03. The van der Waals surface area contributed by atoms with Gasteiger partial charge in [-0.25, -0.2) is 4.98 Å². The lowest BCUT2D eigenvalue weighted by Crippen LogP contribution is -2.03. The summed E-state index contributed by atoms with van der Waals surface area (Å²) in [6.45, 7) is 0.669. The van der Waals surface area contributed by atoms with Crippen molar-refractivity contribution in [2.45, 2.75) is 5.92 Å². The Kier molecular flexibility index (Phi) is 1.89. The van der Waals surface area contributed by atoms with Crippen LogP contribution in [0.15, 0.2) is 29.6 Å². The fourth-order valence-electron chi connectivity index (χ4n) is 1.87. The fourth-order valence-corrected chi connectivity index (χ4v) is 2.48. The maximum absolute atomic E-state index is 5.63. The average molecular weight is 218 g/mol. The van der Waals surface area contributed by atoms with Crippen molar-refractivity contribution in [3.63, 3.8) is 0 Å². The van der Waals surface area contributed by atoms with Crippen LogP contribution < -0.4 is 10.5 Å². The number of benzene rings is 1. The molecular weight excluding hydrogens is 208 g/mol. The van der Waals surface area contributed by atoms with Crippen molar-refractivity contribution in [1.29, 1.82) is 0 Å². The van der Waals surface area contributed by atoms with E-state index in [1.807, 2.05) is 23.6 Å². The Balaban J connectivity index is 2.04. The molecule has 3 rings (SSSR count). The Bertz CT molecular complexity index is 495. The smallest absolute Gasteiger partial charge is 0.180 e. The molecule has 0 amide bonds. The van der Waals surface area contributed by atoms with Crippen LogP contribution in [0.5, 0.6) is 5.75 Å². The highest BCUT2D eigenvalue weighted by molar-refractivity contribution is 7.13. The predicted octanol–water partition coefficient (Wildman–Crippen LogP) is 2.25. The Morgan fingerprint density at radius 3 is 3.07 bits per heavy atom. The molecule has 2 heterocycles. The third-order valence-corrected chi connectivity index (χ3v) is 3.29. The first kappa shape index (κ1) is 8.73. The zero-order valence-corrected chi connectivity index (χ0v) is 8.83. The SMILES string of the molecule is Nc1nc(C2COc3ccccc32)cs1. The molecule has 0 bridgehead atoms. The second-order valence-corrected chi connectivity index (χ2v) is 4.40. The second-order valence-electron chi connectivity index (χ2n) is 3.51. The highest BCUT2D eigenvalue weighted by Crippen LogP contribution is 2.38. The van der Waals surface area contributed by atoms with Gasteiger partial charge in [0.2, 0.25) is 0 Å². The largest absolute Gasteiger partial charge is 0.492 e. The highest BCUT2D eigenvalue weighted by Gasteiger charge is 2.26. The Hall–Kier alpha value is -1.55. The third kappa shape index (κ3) is 1.37. The van der Waals surface area contributed by atoms with Gasteiger partial charge in [0, 0.05) is 10.9 Å². The van der Waals surface area contributed by atoms with E-state index in [1.54, 1.807) is 0 Å². The summed E-state index contributed by atoms with van der Waals surface area (Å²) in [5, 5.41) is 2.63. The molecule has 3 nitrogen and oxygen atoms in total. The van der Waals surface area contributed by atoms with E-state index in [0.29, 0.717) is 11.7 Å². The number of nitrogens with two attached hydrogens (primary N) is 1. The van der Waals surface area contributed by atoms with Gasteiger partial charge in [-0.05, 0) is 6.07 Å². The molecular formula is C11H10N2OS. The molecule has 1 aliphatic rings. The molecule has 0 saturated heterocycles. The van der Waals surface area contributed by atoms with Crippen molar-refractivity contribution in [3.8, 4) is 5.75 Å². The van der Waals surface area contributed by atoms with Gasteiger partial charge in [0.05, 0.1) is 11.6 Å². The summed E-state index contributed by atoms with van der Waals surface area (Å²) in [5.41, 5.74) is 7.86. The Labute approximate surface area is 91.5 Å². The van der Waals surface area contributed by atoms with Gasteiger partial charge in [-0.15, -0.1) is 11.3 Å². The number of ether oxygens (including phenoxy) is 1. The number of thiazole rings is 1. The van der Waals surface area contributed by atoms with Gasteiger partial charge in [-0.2, -0.15) is 0 Å². The molecule has 0 saturated carbocycles. The molecule has 0 radical (unpaired) electrons. The standard InChI is InChI=1S/C11H10N2OS/c12-11-13-9(6-15-11)8-5-14-10-4-2-1-3-7(8)10/h1-4,6,8H,5H2,(H2,12,13). The van der Waals surface area contributed by atoms with Crippen molar-refractivity contribution >= 4 is 16.5 Å². The number of nitrogen functional groups attached to an aromatic ring is 1. The van der Waals surface area contributed by atoms with Crippen LogP contribution in [0.4, 0.5) is 5.13 Å². The lowest BCUT2D eigenvalue weighted by molar-refractivity contribution is 0.342. The van der Waals surface area contributed by atoms with Gasteiger partial charge in [0.25, 0.3) is 0 Å². The molecule has 76 valence electrons. The van der Waals surface area contributed by atoms with E-state index in [-0.39, 0.29) is 5.92 Å². The predicted molar refractivity (Wildman–Crippen MR) is 60.3 cm³/mol. The molecule has 1 atom stereocenters. The molecule has 1 aliphatic heterocycles. The van der Waals surface area contributed by atoms with E-state index in [1.165, 1.54) is 16.9 Å². The molecule has 1 aromatic heterocycles. The van der Waals surface area contributed by atoms with Crippen molar-refractivity contribution in [1.82, 2.24) is 4.98 Å². The third-order valence-electron chi connectivity index (χ3n) is 2.60. The van der Waals surface area contributed by atoms with Crippen LogP contribution >= 0.6 is 11.3 Å². The average Bonchev–Trinajstić information content (AvgIpc) is 2.83.